The van der Waals surface area contributed by atoms with Gasteiger partial charge in [-0.1, -0.05) is 24.3 Å². The molecule has 3 aromatic rings. The van der Waals surface area contributed by atoms with Crippen molar-refractivity contribution >= 4 is 34.6 Å². The first-order chi connectivity index (χ1) is 12.1. The summed E-state index contributed by atoms with van der Waals surface area (Å²) in [6.45, 7) is 4.07. The van der Waals surface area contributed by atoms with Gasteiger partial charge >= 0.3 is 0 Å². The molecule has 0 saturated heterocycles. The number of nitrogens with one attached hydrogen (secondary N) is 2. The molecule has 3 rings (SSSR count). The second-order valence-electron chi connectivity index (χ2n) is 5.48. The summed E-state index contributed by atoms with van der Waals surface area (Å²) in [6, 6.07) is 5.72. The van der Waals surface area contributed by atoms with E-state index in [1.165, 1.54) is 11.3 Å². The molecule has 0 aliphatic heterocycles. The number of carbonyl (C=O) groups is 1. The molecule has 0 spiro atoms. The number of thiazole rings is 1. The molecular formula is C16H18N6OS2. The van der Waals surface area contributed by atoms with Crippen LogP contribution in [-0.2, 0) is 17.8 Å². The van der Waals surface area contributed by atoms with E-state index in [2.05, 4.69) is 32.4 Å². The van der Waals surface area contributed by atoms with Crippen LogP contribution in [0, 0.1) is 11.7 Å². The van der Waals surface area contributed by atoms with Gasteiger partial charge < -0.3 is 5.32 Å². The van der Waals surface area contributed by atoms with Gasteiger partial charge in [0.25, 0.3) is 0 Å². The van der Waals surface area contributed by atoms with Gasteiger partial charge in [0.05, 0.1) is 16.3 Å². The topological polar surface area (TPSA) is 88.5 Å². The maximum atomic E-state index is 12.4. The molecule has 0 saturated carbocycles. The number of rotatable bonds is 6. The number of aromatic nitrogens is 5. The standard InChI is InChI=1S/C16H18N6OS2/c1-3-6-12-20-21-16(24)22(12)9-13(23)19-15-18-10(2)14(25-15)11-7-4-5-8-17-11/h4-5,7-8H,3,6,9H2,1-2H3,(H,21,24)(H,18,19,23). The van der Waals surface area contributed by atoms with Gasteiger partial charge in [0.15, 0.2) is 9.90 Å². The zero-order valence-corrected chi connectivity index (χ0v) is 15.6. The molecule has 2 N–H and O–H groups in total. The Hall–Kier alpha value is -2.39. The number of H-pyrrole nitrogens is 1. The zero-order chi connectivity index (χ0) is 17.8. The summed E-state index contributed by atoms with van der Waals surface area (Å²) in [5.74, 6) is 0.600. The van der Waals surface area contributed by atoms with Gasteiger partial charge in [-0.05, 0) is 37.7 Å². The Balaban J connectivity index is 1.74. The van der Waals surface area contributed by atoms with Gasteiger partial charge in [0.2, 0.25) is 5.91 Å². The molecule has 0 aromatic carbocycles. The second-order valence-corrected chi connectivity index (χ2v) is 6.86. The van der Waals surface area contributed by atoms with Crippen molar-refractivity contribution < 1.29 is 4.79 Å². The van der Waals surface area contributed by atoms with Gasteiger partial charge in [-0.15, -0.1) is 0 Å². The monoisotopic (exact) mass is 374 g/mol. The second kappa shape index (κ2) is 7.66. The molecule has 0 aliphatic rings. The molecule has 1 amide bonds. The van der Waals surface area contributed by atoms with Crippen LogP contribution in [0.1, 0.15) is 24.9 Å². The molecule has 0 bridgehead atoms. The van der Waals surface area contributed by atoms with E-state index < -0.39 is 0 Å². The summed E-state index contributed by atoms with van der Waals surface area (Å²) in [5.41, 5.74) is 1.69. The van der Waals surface area contributed by atoms with Crippen LogP contribution in [0.15, 0.2) is 24.4 Å². The minimum Gasteiger partial charge on any atom is -0.300 e. The molecule has 3 heterocycles. The van der Waals surface area contributed by atoms with Crippen LogP contribution in [0.25, 0.3) is 10.6 Å². The SMILES string of the molecule is CCCc1n[nH]c(=S)n1CC(=O)Nc1nc(C)c(-c2ccccn2)s1. The maximum Gasteiger partial charge on any atom is 0.246 e. The molecular weight excluding hydrogens is 356 g/mol. The van der Waals surface area contributed by atoms with Crippen molar-refractivity contribution in [1.82, 2.24) is 24.7 Å². The summed E-state index contributed by atoms with van der Waals surface area (Å²) in [5, 5.41) is 10.3. The largest absolute Gasteiger partial charge is 0.300 e. The van der Waals surface area contributed by atoms with Crippen molar-refractivity contribution in [3.05, 3.63) is 40.7 Å². The Morgan fingerprint density at radius 3 is 3.00 bits per heavy atom. The van der Waals surface area contributed by atoms with E-state index in [9.17, 15) is 4.79 Å². The van der Waals surface area contributed by atoms with Crippen molar-refractivity contribution in [2.24, 2.45) is 0 Å². The molecule has 9 heteroatoms. The van der Waals surface area contributed by atoms with Gasteiger partial charge in [-0.3, -0.25) is 19.4 Å². The normalized spacial score (nSPS) is 10.8. The number of aromatic amines is 1. The van der Waals surface area contributed by atoms with Gasteiger partial charge in [-0.25, -0.2) is 4.98 Å². The lowest BCUT2D eigenvalue weighted by Crippen LogP contribution is -2.20. The highest BCUT2D eigenvalue weighted by molar-refractivity contribution is 7.71. The van der Waals surface area contributed by atoms with Gasteiger partial charge in [0.1, 0.15) is 12.4 Å². The first kappa shape index (κ1) is 17.4. The summed E-state index contributed by atoms with van der Waals surface area (Å²) >= 11 is 6.61. The maximum absolute atomic E-state index is 12.4. The average molecular weight is 374 g/mol. The quantitative estimate of drug-likeness (QED) is 0.646. The van der Waals surface area contributed by atoms with E-state index in [0.717, 1.165) is 34.9 Å². The van der Waals surface area contributed by atoms with Gasteiger partial charge in [0, 0.05) is 12.6 Å². The number of hydrogen-bond acceptors (Lipinski definition) is 6. The summed E-state index contributed by atoms with van der Waals surface area (Å²) < 4.78 is 2.16. The fraction of sp³-hybridized carbons (Fsp3) is 0.312. The molecule has 25 heavy (non-hydrogen) atoms. The third kappa shape index (κ3) is 3.99. The minimum atomic E-state index is -0.184. The van der Waals surface area contributed by atoms with Gasteiger partial charge in [-0.2, -0.15) is 5.10 Å². The van der Waals surface area contributed by atoms with E-state index in [4.69, 9.17) is 12.2 Å². The molecule has 0 aliphatic carbocycles. The van der Waals surface area contributed by atoms with Crippen LogP contribution in [-0.4, -0.2) is 30.6 Å². The fourth-order valence-electron chi connectivity index (χ4n) is 2.41. The lowest BCUT2D eigenvalue weighted by atomic mass is 10.3. The predicted molar refractivity (Wildman–Crippen MR) is 100 cm³/mol. The first-order valence-corrected chi connectivity index (χ1v) is 9.13. The summed E-state index contributed by atoms with van der Waals surface area (Å²) in [6.07, 6.45) is 3.43. The number of hydrogen-bond donors (Lipinski definition) is 2. The van der Waals surface area contributed by atoms with E-state index >= 15 is 0 Å². The number of anilines is 1. The van der Waals surface area contributed by atoms with Crippen LogP contribution < -0.4 is 5.32 Å². The van der Waals surface area contributed by atoms with Crippen molar-refractivity contribution in [2.45, 2.75) is 33.2 Å². The van der Waals surface area contributed by atoms with E-state index in [-0.39, 0.29) is 12.5 Å². The van der Waals surface area contributed by atoms with E-state index in [1.807, 2.05) is 25.1 Å². The lowest BCUT2D eigenvalue weighted by Gasteiger charge is -2.05. The number of nitrogens with zero attached hydrogens (tertiary/aromatic N) is 4. The minimum absolute atomic E-state index is 0.113. The smallest absolute Gasteiger partial charge is 0.246 e. The highest BCUT2D eigenvalue weighted by atomic mass is 32.1. The van der Waals surface area contributed by atoms with Crippen molar-refractivity contribution in [3.63, 3.8) is 0 Å². The average Bonchev–Trinajstić information content (AvgIpc) is 3.13. The number of carbonyl (C=O) groups excluding carboxylic acids is 1. The van der Waals surface area contributed by atoms with Crippen LogP contribution in [0.4, 0.5) is 5.13 Å². The van der Waals surface area contributed by atoms with Crippen LogP contribution in [0.2, 0.25) is 0 Å². The Morgan fingerprint density at radius 1 is 1.44 bits per heavy atom. The summed E-state index contributed by atoms with van der Waals surface area (Å²) in [7, 11) is 0. The Bertz CT molecular complexity index is 928. The van der Waals surface area contributed by atoms with E-state index in [0.29, 0.717) is 9.90 Å². The molecule has 0 unspecified atom stereocenters. The van der Waals surface area contributed by atoms with Crippen molar-refractivity contribution in [2.75, 3.05) is 5.32 Å². The van der Waals surface area contributed by atoms with Crippen LogP contribution >= 0.6 is 23.6 Å². The summed E-state index contributed by atoms with van der Waals surface area (Å²) in [4.78, 5) is 22.1. The molecule has 3 aromatic heterocycles. The van der Waals surface area contributed by atoms with E-state index in [1.54, 1.807) is 10.8 Å². The Labute approximate surface area is 154 Å². The Morgan fingerprint density at radius 2 is 2.28 bits per heavy atom. The van der Waals surface area contributed by atoms with Crippen LogP contribution in [0.3, 0.4) is 0 Å². The highest BCUT2D eigenvalue weighted by Gasteiger charge is 2.14. The zero-order valence-electron chi connectivity index (χ0n) is 13.9. The molecule has 7 nitrogen and oxygen atoms in total. The number of pyridine rings is 1. The van der Waals surface area contributed by atoms with Crippen molar-refractivity contribution in [3.8, 4) is 10.6 Å². The number of amides is 1. The third-order valence-corrected chi connectivity index (χ3v) is 4.96. The lowest BCUT2D eigenvalue weighted by molar-refractivity contribution is -0.116. The van der Waals surface area contributed by atoms with Crippen LogP contribution in [0.5, 0.6) is 0 Å². The molecule has 0 fully saturated rings. The predicted octanol–water partition coefficient (Wildman–Crippen LogP) is 3.36. The molecule has 0 radical (unpaired) electrons. The fourth-order valence-corrected chi connectivity index (χ4v) is 3.59. The first-order valence-electron chi connectivity index (χ1n) is 7.91. The third-order valence-electron chi connectivity index (χ3n) is 3.55. The number of aryl methyl sites for hydroxylation is 2. The molecule has 0 atom stereocenters. The molecule has 130 valence electrons. The van der Waals surface area contributed by atoms with Crippen molar-refractivity contribution in [1.29, 1.82) is 0 Å². The highest BCUT2D eigenvalue weighted by Crippen LogP contribution is 2.31. The Kier molecular flexibility index (Phi) is 5.34.